The average Bonchev–Trinajstić information content (AvgIpc) is 3.27. The number of carbonyl (C=O) groups is 1. The summed E-state index contributed by atoms with van der Waals surface area (Å²) < 4.78 is 7.81. The van der Waals surface area contributed by atoms with Gasteiger partial charge in [0.25, 0.3) is 5.91 Å². The molecular weight excluding hydrogens is 418 g/mol. The van der Waals surface area contributed by atoms with E-state index >= 15 is 0 Å². The number of nitrogens with zero attached hydrogens (tertiary/aromatic N) is 4. The zero-order valence-corrected chi connectivity index (χ0v) is 18.7. The summed E-state index contributed by atoms with van der Waals surface area (Å²) in [6.45, 7) is 2.97. The molecule has 2 aromatic heterocycles. The predicted octanol–water partition coefficient (Wildman–Crippen LogP) is 2.76. The number of fused-ring (bicyclic) bond motifs is 1. The van der Waals surface area contributed by atoms with Crippen LogP contribution in [0.1, 0.15) is 36.9 Å². The fourth-order valence-corrected chi connectivity index (χ4v) is 4.56. The third-order valence-electron chi connectivity index (χ3n) is 6.35. The first kappa shape index (κ1) is 21.5. The summed E-state index contributed by atoms with van der Waals surface area (Å²) in [6.07, 6.45) is 6.15. The molecule has 2 aliphatic rings. The molecule has 1 saturated carbocycles. The van der Waals surface area contributed by atoms with Gasteiger partial charge in [0, 0.05) is 18.9 Å². The molecule has 3 atom stereocenters. The number of pyridine rings is 1. The van der Waals surface area contributed by atoms with E-state index in [1.807, 2.05) is 61.8 Å². The molecule has 0 radical (unpaired) electrons. The van der Waals surface area contributed by atoms with Gasteiger partial charge < -0.3 is 20.1 Å². The van der Waals surface area contributed by atoms with Crippen LogP contribution in [0.15, 0.2) is 54.9 Å². The third-order valence-corrected chi connectivity index (χ3v) is 6.35. The molecule has 0 saturated heterocycles. The number of hydrogen-bond acceptors (Lipinski definition) is 6. The van der Waals surface area contributed by atoms with E-state index in [0.29, 0.717) is 18.8 Å². The summed E-state index contributed by atoms with van der Waals surface area (Å²) in [5, 5.41) is 17.7. The fraction of sp³-hybridized carbons (Fsp3) is 0.400. The second kappa shape index (κ2) is 9.23. The summed E-state index contributed by atoms with van der Waals surface area (Å²) >= 11 is 0. The molecule has 8 nitrogen and oxygen atoms in total. The number of hydrogen-bond donors (Lipinski definition) is 2. The second-order valence-electron chi connectivity index (χ2n) is 8.85. The van der Waals surface area contributed by atoms with Gasteiger partial charge in [0.05, 0.1) is 30.1 Å². The van der Waals surface area contributed by atoms with Crippen molar-refractivity contribution in [3.05, 3.63) is 66.1 Å². The molecule has 172 valence electrons. The van der Waals surface area contributed by atoms with E-state index in [9.17, 15) is 9.90 Å². The van der Waals surface area contributed by atoms with Gasteiger partial charge in [-0.25, -0.2) is 9.67 Å². The van der Waals surface area contributed by atoms with Crippen LogP contribution in [-0.2, 0) is 11.3 Å². The molecule has 3 aromatic rings. The zero-order chi connectivity index (χ0) is 22.8. The maximum Gasteiger partial charge on any atom is 0.263 e. The Balaban J connectivity index is 1.31. The van der Waals surface area contributed by atoms with Crippen molar-refractivity contribution in [2.45, 2.75) is 57.4 Å². The van der Waals surface area contributed by atoms with Crippen LogP contribution in [-0.4, -0.2) is 50.6 Å². The molecule has 0 bridgehead atoms. The first-order valence-electron chi connectivity index (χ1n) is 11.5. The summed E-state index contributed by atoms with van der Waals surface area (Å²) in [5.74, 6) is 1.27. The summed E-state index contributed by atoms with van der Waals surface area (Å²) in [7, 11) is 0. The van der Waals surface area contributed by atoms with Crippen LogP contribution in [0.25, 0.3) is 5.82 Å². The van der Waals surface area contributed by atoms with Crippen LogP contribution in [0, 0.1) is 6.92 Å². The number of aromatic nitrogens is 3. The number of aliphatic hydroxyl groups excluding tert-OH is 1. The third kappa shape index (κ3) is 4.71. The van der Waals surface area contributed by atoms with Gasteiger partial charge in [-0.05, 0) is 49.6 Å². The van der Waals surface area contributed by atoms with Crippen LogP contribution in [0.3, 0.4) is 0 Å². The number of ether oxygens (including phenoxy) is 1. The lowest BCUT2D eigenvalue weighted by molar-refractivity contribution is -0.129. The normalized spacial score (nSPS) is 22.4. The lowest BCUT2D eigenvalue weighted by atomic mass is 9.92. The fourth-order valence-electron chi connectivity index (χ4n) is 4.56. The van der Waals surface area contributed by atoms with Gasteiger partial charge >= 0.3 is 0 Å². The highest BCUT2D eigenvalue weighted by Gasteiger charge is 2.33. The van der Waals surface area contributed by atoms with Gasteiger partial charge in [0.15, 0.2) is 11.9 Å². The Morgan fingerprint density at radius 2 is 2.03 bits per heavy atom. The monoisotopic (exact) mass is 447 g/mol. The number of aliphatic hydroxyl groups is 1. The molecule has 1 aliphatic carbocycles. The van der Waals surface area contributed by atoms with Gasteiger partial charge in [-0.2, -0.15) is 5.10 Å². The Hall–Kier alpha value is -3.39. The van der Waals surface area contributed by atoms with Gasteiger partial charge in [-0.3, -0.25) is 4.79 Å². The Morgan fingerprint density at radius 1 is 1.18 bits per heavy atom. The van der Waals surface area contributed by atoms with Crippen molar-refractivity contribution in [1.29, 1.82) is 0 Å². The number of aryl methyl sites for hydroxylation is 1. The Morgan fingerprint density at radius 3 is 2.79 bits per heavy atom. The van der Waals surface area contributed by atoms with Crippen molar-refractivity contribution >= 4 is 11.6 Å². The van der Waals surface area contributed by atoms with Crippen LogP contribution >= 0.6 is 0 Å². The molecule has 2 N–H and O–H groups in total. The Bertz CT molecular complexity index is 1110. The number of anilines is 1. The molecule has 1 aliphatic heterocycles. The number of rotatable bonds is 5. The predicted molar refractivity (Wildman–Crippen MR) is 124 cm³/mol. The van der Waals surface area contributed by atoms with Crippen molar-refractivity contribution < 1.29 is 14.6 Å². The molecule has 0 spiro atoms. The molecule has 33 heavy (non-hydrogen) atoms. The SMILES string of the molecule is Cc1ccn(-c2ccc(CN3CC(C(=O)N[C@H]4CCCC[C@@H]4O)Oc4ccccc43)cn2)n1. The number of carbonyl (C=O) groups excluding carboxylic acids is 1. The minimum absolute atomic E-state index is 0.178. The first-order valence-corrected chi connectivity index (χ1v) is 11.5. The highest BCUT2D eigenvalue weighted by molar-refractivity contribution is 5.83. The average molecular weight is 448 g/mol. The van der Waals surface area contributed by atoms with Crippen molar-refractivity contribution in [1.82, 2.24) is 20.1 Å². The van der Waals surface area contributed by atoms with E-state index < -0.39 is 12.2 Å². The lowest BCUT2D eigenvalue weighted by Gasteiger charge is -2.37. The molecule has 1 fully saturated rings. The van der Waals surface area contributed by atoms with E-state index in [2.05, 4.69) is 20.3 Å². The summed E-state index contributed by atoms with van der Waals surface area (Å²) in [4.78, 5) is 19.7. The Labute approximate surface area is 193 Å². The second-order valence-corrected chi connectivity index (χ2v) is 8.85. The smallest absolute Gasteiger partial charge is 0.263 e. The van der Waals surface area contributed by atoms with E-state index in [-0.39, 0.29) is 11.9 Å². The number of benzene rings is 1. The Kier molecular flexibility index (Phi) is 6.00. The van der Waals surface area contributed by atoms with Gasteiger partial charge in [-0.1, -0.05) is 31.0 Å². The number of nitrogens with one attached hydrogen (secondary N) is 1. The molecule has 1 unspecified atom stereocenters. The van der Waals surface area contributed by atoms with Gasteiger partial charge in [0.1, 0.15) is 5.75 Å². The van der Waals surface area contributed by atoms with Crippen molar-refractivity contribution in [2.24, 2.45) is 0 Å². The molecule has 3 heterocycles. The largest absolute Gasteiger partial charge is 0.477 e. The van der Waals surface area contributed by atoms with Crippen LogP contribution in [0.4, 0.5) is 5.69 Å². The molecular formula is C25H29N5O3. The zero-order valence-electron chi connectivity index (χ0n) is 18.7. The highest BCUT2D eigenvalue weighted by Crippen LogP contribution is 2.34. The number of amides is 1. The van der Waals surface area contributed by atoms with Crippen molar-refractivity contribution in [3.8, 4) is 11.6 Å². The molecule has 1 amide bonds. The van der Waals surface area contributed by atoms with E-state index in [1.165, 1.54) is 0 Å². The van der Waals surface area contributed by atoms with E-state index in [4.69, 9.17) is 4.74 Å². The number of para-hydroxylation sites is 2. The first-order chi connectivity index (χ1) is 16.1. The van der Waals surface area contributed by atoms with E-state index in [0.717, 1.165) is 48.4 Å². The van der Waals surface area contributed by atoms with Gasteiger partial charge in [0.2, 0.25) is 0 Å². The highest BCUT2D eigenvalue weighted by atomic mass is 16.5. The van der Waals surface area contributed by atoms with E-state index in [1.54, 1.807) is 4.68 Å². The molecule has 1 aromatic carbocycles. The maximum atomic E-state index is 13.0. The van der Waals surface area contributed by atoms with Crippen LogP contribution in [0.5, 0.6) is 5.75 Å². The molecule has 8 heteroatoms. The quantitative estimate of drug-likeness (QED) is 0.625. The van der Waals surface area contributed by atoms with Crippen LogP contribution in [0.2, 0.25) is 0 Å². The minimum Gasteiger partial charge on any atom is -0.477 e. The van der Waals surface area contributed by atoms with Gasteiger partial charge in [-0.15, -0.1) is 0 Å². The topological polar surface area (TPSA) is 92.5 Å². The summed E-state index contributed by atoms with van der Waals surface area (Å²) in [5.41, 5.74) is 2.92. The lowest BCUT2D eigenvalue weighted by Crippen LogP contribution is -2.54. The summed E-state index contributed by atoms with van der Waals surface area (Å²) in [6, 6.07) is 13.5. The standard InChI is InChI=1S/C25H29N5O3/c1-17-12-13-30(28-17)24-11-10-18(14-26-24)15-29-16-23(33-22-9-5-3-7-20(22)29)25(32)27-19-6-2-4-8-21(19)31/h3,5,7,9-14,19,21,23,31H,2,4,6,8,15-16H2,1H3,(H,27,32)/t19-,21-,23?/m0/s1. The maximum absolute atomic E-state index is 13.0. The van der Waals surface area contributed by atoms with Crippen molar-refractivity contribution in [2.75, 3.05) is 11.4 Å². The van der Waals surface area contributed by atoms with Crippen LogP contribution < -0.4 is 15.0 Å². The molecule has 5 rings (SSSR count). The van der Waals surface area contributed by atoms with Crippen molar-refractivity contribution in [3.63, 3.8) is 0 Å². The minimum atomic E-state index is -0.645.